The molecule has 10 heavy (non-hydrogen) atoms. The molecule has 0 aliphatic carbocycles. The van der Waals surface area contributed by atoms with Crippen molar-refractivity contribution >= 4 is 15.9 Å². The van der Waals surface area contributed by atoms with Crippen molar-refractivity contribution in [3.05, 3.63) is 17.1 Å². The van der Waals surface area contributed by atoms with Crippen molar-refractivity contribution in [1.82, 2.24) is 9.55 Å². The predicted octanol–water partition coefficient (Wildman–Crippen LogP) is 1.67. The summed E-state index contributed by atoms with van der Waals surface area (Å²) in [5.74, 6) is 5.75. The molecule has 0 N–H and O–H groups in total. The summed E-state index contributed by atoms with van der Waals surface area (Å²) in [6.45, 7) is 2.53. The average Bonchev–Trinajstić information content (AvgIpc) is 2.31. The Balaban J connectivity index is 2.71. The Morgan fingerprint density at radius 2 is 2.60 bits per heavy atom. The molecule has 0 aliphatic rings. The summed E-state index contributed by atoms with van der Waals surface area (Å²) in [5, 5.41) is 0. The van der Waals surface area contributed by atoms with Gasteiger partial charge in [-0.15, -0.1) is 5.92 Å². The van der Waals surface area contributed by atoms with E-state index in [4.69, 9.17) is 0 Å². The van der Waals surface area contributed by atoms with Crippen LogP contribution in [-0.2, 0) is 6.54 Å². The number of hydrogen-bond donors (Lipinski definition) is 0. The number of hydrogen-bond acceptors (Lipinski definition) is 1. The van der Waals surface area contributed by atoms with Crippen LogP contribution in [0.1, 0.15) is 6.92 Å². The molecule has 0 saturated heterocycles. The highest BCUT2D eigenvalue weighted by Gasteiger charge is 1.92. The summed E-state index contributed by atoms with van der Waals surface area (Å²) < 4.78 is 2.76. The average molecular weight is 199 g/mol. The summed E-state index contributed by atoms with van der Waals surface area (Å²) >= 11 is 3.28. The second-order valence-corrected chi connectivity index (χ2v) is 2.46. The molecule has 0 radical (unpaired) electrons. The van der Waals surface area contributed by atoms with E-state index in [-0.39, 0.29) is 0 Å². The fraction of sp³-hybridized carbons (Fsp3) is 0.286. The van der Waals surface area contributed by atoms with Crippen LogP contribution in [0.3, 0.4) is 0 Å². The third-order valence-corrected chi connectivity index (χ3v) is 1.75. The van der Waals surface area contributed by atoms with E-state index in [1.807, 2.05) is 17.7 Å². The zero-order valence-electron chi connectivity index (χ0n) is 5.63. The highest BCUT2D eigenvalue weighted by atomic mass is 79.9. The SMILES string of the molecule is CC#CCn1ccnc1Br. The van der Waals surface area contributed by atoms with E-state index in [0.29, 0.717) is 6.54 Å². The lowest BCUT2D eigenvalue weighted by atomic mass is 10.6. The third kappa shape index (κ3) is 1.61. The van der Waals surface area contributed by atoms with Gasteiger partial charge in [0.15, 0.2) is 4.73 Å². The molecule has 1 rings (SSSR count). The molecule has 0 spiro atoms. The molecule has 1 heterocycles. The van der Waals surface area contributed by atoms with Crippen molar-refractivity contribution < 1.29 is 0 Å². The van der Waals surface area contributed by atoms with E-state index in [9.17, 15) is 0 Å². The second-order valence-electron chi connectivity index (χ2n) is 1.75. The van der Waals surface area contributed by atoms with Crippen molar-refractivity contribution in [2.75, 3.05) is 0 Å². The van der Waals surface area contributed by atoms with Gasteiger partial charge in [0.1, 0.15) is 0 Å². The molecular weight excluding hydrogens is 192 g/mol. The minimum Gasteiger partial charge on any atom is -0.314 e. The van der Waals surface area contributed by atoms with Gasteiger partial charge < -0.3 is 4.57 Å². The Kier molecular flexibility index (Phi) is 2.52. The Hall–Kier alpha value is -0.750. The summed E-state index contributed by atoms with van der Waals surface area (Å²) in [7, 11) is 0. The van der Waals surface area contributed by atoms with Gasteiger partial charge in [-0.25, -0.2) is 4.98 Å². The zero-order chi connectivity index (χ0) is 7.40. The normalized spacial score (nSPS) is 8.60. The van der Waals surface area contributed by atoms with E-state index in [1.165, 1.54) is 0 Å². The molecule has 52 valence electrons. The van der Waals surface area contributed by atoms with E-state index in [0.717, 1.165) is 4.73 Å². The smallest absolute Gasteiger partial charge is 0.177 e. The monoisotopic (exact) mass is 198 g/mol. The van der Waals surface area contributed by atoms with Gasteiger partial charge >= 0.3 is 0 Å². The zero-order valence-corrected chi connectivity index (χ0v) is 7.22. The topological polar surface area (TPSA) is 17.8 Å². The Bertz CT molecular complexity index is 267. The second kappa shape index (κ2) is 3.43. The number of halogens is 1. The van der Waals surface area contributed by atoms with Gasteiger partial charge in [-0.05, 0) is 22.9 Å². The standard InChI is InChI=1S/C7H7BrN2/c1-2-3-5-10-6-4-9-7(10)8/h4,6H,5H2,1H3. The number of rotatable bonds is 1. The van der Waals surface area contributed by atoms with Crippen LogP contribution in [0.4, 0.5) is 0 Å². The lowest BCUT2D eigenvalue weighted by Crippen LogP contribution is -1.92. The van der Waals surface area contributed by atoms with Crippen molar-refractivity contribution in [2.45, 2.75) is 13.5 Å². The predicted molar refractivity (Wildman–Crippen MR) is 43.4 cm³/mol. The van der Waals surface area contributed by atoms with Crippen molar-refractivity contribution in [2.24, 2.45) is 0 Å². The van der Waals surface area contributed by atoms with Crippen LogP contribution in [-0.4, -0.2) is 9.55 Å². The first kappa shape index (κ1) is 7.36. The molecule has 1 aromatic heterocycles. The first-order chi connectivity index (χ1) is 4.84. The van der Waals surface area contributed by atoms with Crippen LogP contribution in [0.5, 0.6) is 0 Å². The summed E-state index contributed by atoms with van der Waals surface area (Å²) in [6, 6.07) is 0. The minimum atomic E-state index is 0.705. The van der Waals surface area contributed by atoms with Crippen molar-refractivity contribution in [3.8, 4) is 11.8 Å². The Labute approximate surface area is 68.4 Å². The van der Waals surface area contributed by atoms with Crippen LogP contribution < -0.4 is 0 Å². The third-order valence-electron chi connectivity index (χ3n) is 1.09. The van der Waals surface area contributed by atoms with Crippen molar-refractivity contribution in [1.29, 1.82) is 0 Å². The van der Waals surface area contributed by atoms with Gasteiger partial charge in [0.2, 0.25) is 0 Å². The molecule has 1 aromatic rings. The van der Waals surface area contributed by atoms with Gasteiger partial charge in [-0.2, -0.15) is 0 Å². The quantitative estimate of drug-likeness (QED) is 0.629. The first-order valence-corrected chi connectivity index (χ1v) is 3.70. The first-order valence-electron chi connectivity index (χ1n) is 2.91. The van der Waals surface area contributed by atoms with Crippen LogP contribution in [0.15, 0.2) is 17.1 Å². The fourth-order valence-corrected chi connectivity index (χ4v) is 0.955. The molecule has 0 atom stereocenters. The van der Waals surface area contributed by atoms with Crippen LogP contribution in [0.2, 0.25) is 0 Å². The Morgan fingerprint density at radius 3 is 3.10 bits per heavy atom. The number of nitrogens with zero attached hydrogens (tertiary/aromatic N) is 2. The molecule has 2 nitrogen and oxygen atoms in total. The number of aromatic nitrogens is 2. The van der Waals surface area contributed by atoms with E-state index in [1.54, 1.807) is 6.20 Å². The molecule has 0 aliphatic heterocycles. The minimum absolute atomic E-state index is 0.705. The van der Waals surface area contributed by atoms with Gasteiger partial charge in [-0.1, -0.05) is 5.92 Å². The van der Waals surface area contributed by atoms with Gasteiger partial charge in [0.05, 0.1) is 6.54 Å². The lowest BCUT2D eigenvalue weighted by Gasteiger charge is -1.93. The lowest BCUT2D eigenvalue weighted by molar-refractivity contribution is 0.813. The molecule has 0 bridgehead atoms. The van der Waals surface area contributed by atoms with E-state index >= 15 is 0 Å². The maximum Gasteiger partial charge on any atom is 0.177 e. The maximum absolute atomic E-state index is 3.98. The maximum atomic E-state index is 3.98. The molecule has 0 amide bonds. The highest BCUT2D eigenvalue weighted by Crippen LogP contribution is 2.04. The van der Waals surface area contributed by atoms with Crippen molar-refractivity contribution in [3.63, 3.8) is 0 Å². The molecule has 3 heteroatoms. The van der Waals surface area contributed by atoms with Crippen LogP contribution >= 0.6 is 15.9 Å². The molecule has 0 unspecified atom stereocenters. The van der Waals surface area contributed by atoms with Crippen LogP contribution in [0, 0.1) is 11.8 Å². The number of imidazole rings is 1. The molecule has 0 saturated carbocycles. The fourth-order valence-electron chi connectivity index (χ4n) is 0.593. The van der Waals surface area contributed by atoms with E-state index < -0.39 is 0 Å². The molecular formula is C7H7BrN2. The summed E-state index contributed by atoms with van der Waals surface area (Å²) in [5.41, 5.74) is 0. The van der Waals surface area contributed by atoms with Gasteiger partial charge in [0, 0.05) is 12.4 Å². The highest BCUT2D eigenvalue weighted by molar-refractivity contribution is 9.10. The molecule has 0 fully saturated rings. The van der Waals surface area contributed by atoms with Crippen LogP contribution in [0.25, 0.3) is 0 Å². The summed E-state index contributed by atoms with van der Waals surface area (Å²) in [4.78, 5) is 3.98. The summed E-state index contributed by atoms with van der Waals surface area (Å²) in [6.07, 6.45) is 3.62. The Morgan fingerprint density at radius 1 is 1.80 bits per heavy atom. The van der Waals surface area contributed by atoms with E-state index in [2.05, 4.69) is 32.8 Å². The largest absolute Gasteiger partial charge is 0.314 e. The van der Waals surface area contributed by atoms with Gasteiger partial charge in [0.25, 0.3) is 0 Å². The van der Waals surface area contributed by atoms with Gasteiger partial charge in [-0.3, -0.25) is 0 Å². The molecule has 0 aromatic carbocycles.